The van der Waals surface area contributed by atoms with E-state index in [1.165, 1.54) is 0 Å². The molecule has 1 aromatic heterocycles. The first kappa shape index (κ1) is 19.3. The summed E-state index contributed by atoms with van der Waals surface area (Å²) in [5.74, 6) is 0.751. The normalized spacial score (nSPS) is 14.4. The smallest absolute Gasteiger partial charge is 0.259 e. The molecule has 0 saturated carbocycles. The average Bonchev–Trinajstić information content (AvgIpc) is 3.05. The number of hydrogen-bond donors (Lipinski definition) is 0. The third kappa shape index (κ3) is 2.91. The predicted molar refractivity (Wildman–Crippen MR) is 121 cm³/mol. The van der Waals surface area contributed by atoms with Crippen molar-refractivity contribution in [3.63, 3.8) is 0 Å². The first-order chi connectivity index (χ1) is 13.4. The molecule has 1 aliphatic rings. The number of aryl methyl sites for hydroxylation is 1. The molecule has 2 aromatic carbocycles. The average molecular weight is 428 g/mol. The fourth-order valence-corrected chi connectivity index (χ4v) is 7.06. The molecule has 3 nitrogen and oxygen atoms in total. The molecular formula is C22H21NO2S3. The maximum Gasteiger partial charge on any atom is 0.259 e. The van der Waals surface area contributed by atoms with Gasteiger partial charge in [-0.05, 0) is 63.6 Å². The number of amides is 1. The Morgan fingerprint density at radius 1 is 1.11 bits per heavy atom. The van der Waals surface area contributed by atoms with Crippen LogP contribution in [-0.4, -0.2) is 12.5 Å². The van der Waals surface area contributed by atoms with Crippen LogP contribution < -0.4 is 9.64 Å². The molecule has 1 aliphatic heterocycles. The lowest BCUT2D eigenvalue weighted by Crippen LogP contribution is -2.47. The van der Waals surface area contributed by atoms with Gasteiger partial charge in [0.15, 0.2) is 0 Å². The summed E-state index contributed by atoms with van der Waals surface area (Å²) in [5, 5.41) is 0. The second kappa shape index (κ2) is 7.10. The van der Waals surface area contributed by atoms with Crippen molar-refractivity contribution in [2.45, 2.75) is 33.2 Å². The summed E-state index contributed by atoms with van der Waals surface area (Å²) in [6, 6.07) is 13.5. The molecule has 28 heavy (non-hydrogen) atoms. The van der Waals surface area contributed by atoms with Gasteiger partial charge in [0.1, 0.15) is 9.57 Å². The minimum Gasteiger partial charge on any atom is -0.494 e. The standard InChI is InChI=1S/C22H21NO2S3/c1-5-25-15-11-9-14(10-12-15)20(24)23-16-8-6-7-13(2)17(16)18-19(22(23,3)4)27-28-21(18)26/h6-12H,5H2,1-4H3. The third-order valence-corrected chi connectivity index (χ3v) is 8.43. The highest BCUT2D eigenvalue weighted by Gasteiger charge is 2.43. The van der Waals surface area contributed by atoms with E-state index in [1.54, 1.807) is 20.7 Å². The van der Waals surface area contributed by atoms with Gasteiger partial charge in [-0.15, -0.1) is 0 Å². The fraction of sp³-hybridized carbons (Fsp3) is 0.273. The molecule has 0 saturated heterocycles. The van der Waals surface area contributed by atoms with Crippen LogP contribution in [0.25, 0.3) is 11.1 Å². The van der Waals surface area contributed by atoms with E-state index in [9.17, 15) is 4.79 Å². The van der Waals surface area contributed by atoms with Crippen LogP contribution in [-0.2, 0) is 5.54 Å². The van der Waals surface area contributed by atoms with Gasteiger partial charge in [-0.2, -0.15) is 0 Å². The molecule has 0 atom stereocenters. The van der Waals surface area contributed by atoms with Crippen molar-refractivity contribution in [2.75, 3.05) is 11.5 Å². The number of nitrogens with zero attached hydrogens (tertiary/aromatic N) is 1. The summed E-state index contributed by atoms with van der Waals surface area (Å²) in [4.78, 5) is 16.7. The number of carbonyl (C=O) groups is 1. The summed E-state index contributed by atoms with van der Waals surface area (Å²) in [7, 11) is 3.29. The van der Waals surface area contributed by atoms with E-state index in [2.05, 4.69) is 26.8 Å². The van der Waals surface area contributed by atoms with Crippen LogP contribution in [0.4, 0.5) is 5.69 Å². The molecule has 0 unspecified atom stereocenters. The van der Waals surface area contributed by atoms with Crippen LogP contribution in [0, 0.1) is 10.7 Å². The Kier molecular flexibility index (Phi) is 4.89. The van der Waals surface area contributed by atoms with Gasteiger partial charge in [0.25, 0.3) is 5.91 Å². The van der Waals surface area contributed by atoms with Crippen LogP contribution in [0.2, 0.25) is 0 Å². The van der Waals surface area contributed by atoms with Crippen molar-refractivity contribution in [3.8, 4) is 16.9 Å². The molecule has 0 N–H and O–H groups in total. The van der Waals surface area contributed by atoms with Crippen molar-refractivity contribution >= 4 is 44.5 Å². The lowest BCUT2D eigenvalue weighted by Gasteiger charge is -2.43. The number of anilines is 1. The Balaban J connectivity index is 1.88. The van der Waals surface area contributed by atoms with Crippen LogP contribution in [0.1, 0.15) is 41.6 Å². The maximum atomic E-state index is 13.6. The molecule has 3 aromatic rings. The quantitative estimate of drug-likeness (QED) is 0.340. The molecular weight excluding hydrogens is 406 g/mol. The van der Waals surface area contributed by atoms with Crippen molar-refractivity contribution in [3.05, 3.63) is 62.3 Å². The minimum atomic E-state index is -0.482. The lowest BCUT2D eigenvalue weighted by molar-refractivity contribution is 0.0961. The lowest BCUT2D eigenvalue weighted by atomic mass is 9.85. The highest BCUT2D eigenvalue weighted by molar-refractivity contribution is 7.80. The van der Waals surface area contributed by atoms with E-state index < -0.39 is 5.54 Å². The zero-order valence-corrected chi connectivity index (χ0v) is 18.7. The van der Waals surface area contributed by atoms with E-state index in [1.807, 2.05) is 48.2 Å². The molecule has 144 valence electrons. The van der Waals surface area contributed by atoms with Gasteiger partial charge in [-0.3, -0.25) is 9.69 Å². The molecule has 0 aliphatic carbocycles. The van der Waals surface area contributed by atoms with Crippen molar-refractivity contribution in [2.24, 2.45) is 0 Å². The van der Waals surface area contributed by atoms with Crippen LogP contribution >= 0.6 is 32.9 Å². The number of benzene rings is 2. The SMILES string of the molecule is CCOc1ccc(C(=O)N2c3cccc(C)c3-c3c(ssc3=S)C2(C)C)cc1. The molecule has 1 amide bonds. The van der Waals surface area contributed by atoms with Gasteiger partial charge in [0.05, 0.1) is 22.7 Å². The second-order valence-corrected chi connectivity index (χ2v) is 10.1. The zero-order chi connectivity index (χ0) is 20.1. The van der Waals surface area contributed by atoms with E-state index in [-0.39, 0.29) is 5.91 Å². The Labute approximate surface area is 177 Å². The summed E-state index contributed by atoms with van der Waals surface area (Å²) >= 11 is 5.66. The molecule has 0 spiro atoms. The second-order valence-electron chi connectivity index (χ2n) is 7.28. The van der Waals surface area contributed by atoms with Crippen LogP contribution in [0.3, 0.4) is 0 Å². The first-order valence-corrected chi connectivity index (χ1v) is 11.7. The highest BCUT2D eigenvalue weighted by Crippen LogP contribution is 2.53. The third-order valence-electron chi connectivity index (χ3n) is 5.10. The number of fused-ring (bicyclic) bond motifs is 3. The topological polar surface area (TPSA) is 29.5 Å². The van der Waals surface area contributed by atoms with Gasteiger partial charge >= 0.3 is 0 Å². The summed E-state index contributed by atoms with van der Waals surface area (Å²) in [6.07, 6.45) is 0. The summed E-state index contributed by atoms with van der Waals surface area (Å²) in [6.45, 7) is 8.83. The Hall–Kier alpha value is -2.02. The highest BCUT2D eigenvalue weighted by atomic mass is 32.9. The van der Waals surface area contributed by atoms with Crippen molar-refractivity contribution in [1.29, 1.82) is 0 Å². The van der Waals surface area contributed by atoms with Gasteiger partial charge < -0.3 is 4.74 Å². The van der Waals surface area contributed by atoms with E-state index >= 15 is 0 Å². The molecule has 0 radical (unpaired) electrons. The molecule has 0 bridgehead atoms. The molecule has 2 heterocycles. The minimum absolute atomic E-state index is 0.0186. The molecule has 4 rings (SSSR count). The largest absolute Gasteiger partial charge is 0.494 e. The van der Waals surface area contributed by atoms with E-state index in [4.69, 9.17) is 17.0 Å². The number of hydrogen-bond acceptors (Lipinski definition) is 5. The van der Waals surface area contributed by atoms with Crippen LogP contribution in [0.5, 0.6) is 5.75 Å². The van der Waals surface area contributed by atoms with Gasteiger partial charge in [-0.1, -0.05) is 45.0 Å². The molecule has 0 fully saturated rings. The fourth-order valence-electron chi connectivity index (χ4n) is 3.80. The monoisotopic (exact) mass is 427 g/mol. The Morgan fingerprint density at radius 2 is 1.82 bits per heavy atom. The Morgan fingerprint density at radius 3 is 2.50 bits per heavy atom. The van der Waals surface area contributed by atoms with E-state index in [0.717, 1.165) is 36.8 Å². The van der Waals surface area contributed by atoms with Crippen LogP contribution in [0.15, 0.2) is 42.5 Å². The Bertz CT molecular complexity index is 1110. The molecule has 6 heteroatoms. The summed E-state index contributed by atoms with van der Waals surface area (Å²) in [5.41, 5.74) is 4.43. The zero-order valence-electron chi connectivity index (χ0n) is 16.2. The van der Waals surface area contributed by atoms with Gasteiger partial charge in [0, 0.05) is 16.7 Å². The predicted octanol–water partition coefficient (Wildman–Crippen LogP) is 6.81. The number of ether oxygens (including phenoxy) is 1. The van der Waals surface area contributed by atoms with Crippen molar-refractivity contribution < 1.29 is 9.53 Å². The van der Waals surface area contributed by atoms with E-state index in [0.29, 0.717) is 12.2 Å². The van der Waals surface area contributed by atoms with Gasteiger partial charge in [0.2, 0.25) is 0 Å². The number of carbonyl (C=O) groups excluding carboxylic acids is 1. The first-order valence-electron chi connectivity index (χ1n) is 9.17. The van der Waals surface area contributed by atoms with Gasteiger partial charge in [-0.25, -0.2) is 0 Å². The summed E-state index contributed by atoms with van der Waals surface area (Å²) < 4.78 is 6.41. The maximum absolute atomic E-state index is 13.6. The van der Waals surface area contributed by atoms with Crippen molar-refractivity contribution in [1.82, 2.24) is 0 Å². The number of rotatable bonds is 3.